The number of amides is 2. The maximum atomic E-state index is 12.1. The Balaban J connectivity index is 1.58. The molecule has 2 aliphatic rings. The molecule has 1 spiro atoms. The Kier molecular flexibility index (Phi) is 5.40. The number of benzene rings is 1. The van der Waals surface area contributed by atoms with E-state index in [0.717, 1.165) is 5.56 Å². The van der Waals surface area contributed by atoms with Crippen LogP contribution < -0.4 is 10.6 Å². The minimum absolute atomic E-state index is 0.147. The van der Waals surface area contributed by atoms with Gasteiger partial charge in [-0.2, -0.15) is 0 Å². The first-order valence-corrected chi connectivity index (χ1v) is 8.31. The lowest BCUT2D eigenvalue weighted by molar-refractivity contribution is -0.184. The summed E-state index contributed by atoms with van der Waals surface area (Å²) in [5, 5.41) is 14.2. The summed E-state index contributed by atoms with van der Waals surface area (Å²) in [4.78, 5) is 23.1. The van der Waals surface area contributed by atoms with Crippen LogP contribution >= 0.6 is 0 Å². The Morgan fingerprint density at radius 1 is 1.16 bits per heavy atom. The van der Waals surface area contributed by atoms with E-state index in [1.165, 1.54) is 0 Å². The number of ether oxygens (including phenoxy) is 3. The highest BCUT2D eigenvalue weighted by Gasteiger charge is 2.46. The smallest absolute Gasteiger partial charge is 0.407 e. The summed E-state index contributed by atoms with van der Waals surface area (Å²) in [6.07, 6.45) is -0.261. The van der Waals surface area contributed by atoms with Gasteiger partial charge in [-0.15, -0.1) is 0 Å². The highest BCUT2D eigenvalue weighted by Crippen LogP contribution is 2.36. The number of hydrogen-bond donors (Lipinski definition) is 3. The Labute approximate surface area is 145 Å². The zero-order valence-corrected chi connectivity index (χ0v) is 13.8. The minimum atomic E-state index is -1.13. The van der Waals surface area contributed by atoms with Gasteiger partial charge in [-0.1, -0.05) is 30.3 Å². The molecule has 2 unspecified atom stereocenters. The van der Waals surface area contributed by atoms with Crippen molar-refractivity contribution in [3.8, 4) is 0 Å². The number of carboxylic acid groups (broad SMARTS) is 1. The molecule has 0 radical (unpaired) electrons. The predicted octanol–water partition coefficient (Wildman–Crippen LogP) is 1.84. The topological polar surface area (TPSA) is 106 Å². The van der Waals surface area contributed by atoms with Gasteiger partial charge in [-0.25, -0.2) is 9.59 Å². The quantitative estimate of drug-likeness (QED) is 0.765. The van der Waals surface area contributed by atoms with Crippen molar-refractivity contribution < 1.29 is 28.9 Å². The van der Waals surface area contributed by atoms with Crippen molar-refractivity contribution in [2.24, 2.45) is 0 Å². The lowest BCUT2D eigenvalue weighted by Gasteiger charge is -2.40. The SMILES string of the molecule is O=C(O)NC1CCC2(CC1NC(=O)OCc1ccccc1)OCCO2. The summed E-state index contributed by atoms with van der Waals surface area (Å²) in [5.74, 6) is -0.742. The molecule has 1 saturated carbocycles. The predicted molar refractivity (Wildman–Crippen MR) is 87.0 cm³/mol. The van der Waals surface area contributed by atoms with Crippen LogP contribution in [-0.4, -0.2) is 48.4 Å². The van der Waals surface area contributed by atoms with Crippen LogP contribution in [0.15, 0.2) is 30.3 Å². The molecule has 2 fully saturated rings. The van der Waals surface area contributed by atoms with Crippen LogP contribution in [0.1, 0.15) is 24.8 Å². The number of carbonyl (C=O) groups is 2. The van der Waals surface area contributed by atoms with Gasteiger partial charge >= 0.3 is 12.2 Å². The van der Waals surface area contributed by atoms with Crippen molar-refractivity contribution in [2.45, 2.75) is 43.7 Å². The standard InChI is InChI=1S/C17H22N2O6/c20-15(21)18-13-6-7-17(24-8-9-25-17)10-14(13)19-16(22)23-11-12-4-2-1-3-5-12/h1-5,13-14,18H,6-11H2,(H,19,22)(H,20,21). The number of rotatable bonds is 4. The first-order chi connectivity index (χ1) is 12.1. The van der Waals surface area contributed by atoms with E-state index in [1.54, 1.807) is 0 Å². The molecular weight excluding hydrogens is 328 g/mol. The van der Waals surface area contributed by atoms with Gasteiger partial charge in [0.1, 0.15) is 6.61 Å². The maximum Gasteiger partial charge on any atom is 0.407 e. The van der Waals surface area contributed by atoms with Gasteiger partial charge in [0.15, 0.2) is 5.79 Å². The fraction of sp³-hybridized carbons (Fsp3) is 0.529. The zero-order chi connectivity index (χ0) is 17.7. The van der Waals surface area contributed by atoms with Crippen molar-refractivity contribution in [3.63, 3.8) is 0 Å². The van der Waals surface area contributed by atoms with Gasteiger partial charge in [-0.05, 0) is 12.0 Å². The third kappa shape index (κ3) is 4.61. The third-order valence-corrected chi connectivity index (χ3v) is 4.49. The number of nitrogens with one attached hydrogen (secondary N) is 2. The van der Waals surface area contributed by atoms with Crippen LogP contribution in [0.2, 0.25) is 0 Å². The average Bonchev–Trinajstić information content (AvgIpc) is 3.04. The monoisotopic (exact) mass is 350 g/mol. The summed E-state index contributed by atoms with van der Waals surface area (Å²) in [7, 11) is 0. The second-order valence-corrected chi connectivity index (χ2v) is 6.22. The second-order valence-electron chi connectivity index (χ2n) is 6.22. The van der Waals surface area contributed by atoms with Crippen molar-refractivity contribution >= 4 is 12.2 Å². The Bertz CT molecular complexity index is 602. The van der Waals surface area contributed by atoms with Crippen LogP contribution in [0.4, 0.5) is 9.59 Å². The molecule has 1 heterocycles. The molecule has 8 nitrogen and oxygen atoms in total. The van der Waals surface area contributed by atoms with E-state index >= 15 is 0 Å². The van der Waals surface area contributed by atoms with E-state index in [1.807, 2.05) is 30.3 Å². The van der Waals surface area contributed by atoms with Crippen LogP contribution in [0.25, 0.3) is 0 Å². The second kappa shape index (κ2) is 7.71. The zero-order valence-electron chi connectivity index (χ0n) is 13.8. The van der Waals surface area contributed by atoms with Gasteiger partial charge in [0.2, 0.25) is 0 Å². The van der Waals surface area contributed by atoms with E-state index in [9.17, 15) is 9.59 Å². The first-order valence-electron chi connectivity index (χ1n) is 8.31. The molecule has 2 amide bonds. The summed E-state index contributed by atoms with van der Waals surface area (Å²) < 4.78 is 16.6. The Morgan fingerprint density at radius 2 is 1.88 bits per heavy atom. The third-order valence-electron chi connectivity index (χ3n) is 4.49. The summed E-state index contributed by atoms with van der Waals surface area (Å²) in [6.45, 7) is 1.15. The van der Waals surface area contributed by atoms with Gasteiger partial charge in [0.25, 0.3) is 0 Å². The molecule has 2 atom stereocenters. The largest absolute Gasteiger partial charge is 0.465 e. The summed E-state index contributed by atoms with van der Waals surface area (Å²) >= 11 is 0. The number of hydrogen-bond acceptors (Lipinski definition) is 5. The molecule has 0 aromatic heterocycles. The minimum Gasteiger partial charge on any atom is -0.465 e. The van der Waals surface area contributed by atoms with Crippen LogP contribution in [-0.2, 0) is 20.8 Å². The number of carbonyl (C=O) groups excluding carboxylic acids is 1. The van der Waals surface area contributed by atoms with E-state index in [0.29, 0.717) is 32.5 Å². The molecule has 8 heteroatoms. The van der Waals surface area contributed by atoms with E-state index in [4.69, 9.17) is 19.3 Å². The molecule has 3 N–H and O–H groups in total. The lowest BCUT2D eigenvalue weighted by atomic mass is 9.85. The molecular formula is C17H22N2O6. The Hall–Kier alpha value is -2.32. The molecule has 1 aliphatic carbocycles. The lowest BCUT2D eigenvalue weighted by Crippen LogP contribution is -2.58. The van der Waals surface area contributed by atoms with Gasteiger partial charge in [0.05, 0.1) is 25.3 Å². The normalized spacial score (nSPS) is 24.6. The average molecular weight is 350 g/mol. The Morgan fingerprint density at radius 3 is 2.56 bits per heavy atom. The first kappa shape index (κ1) is 17.5. The summed E-state index contributed by atoms with van der Waals surface area (Å²) in [5.41, 5.74) is 0.875. The highest BCUT2D eigenvalue weighted by atomic mass is 16.7. The van der Waals surface area contributed by atoms with E-state index < -0.39 is 30.1 Å². The highest BCUT2D eigenvalue weighted by molar-refractivity contribution is 5.68. The van der Waals surface area contributed by atoms with Crippen LogP contribution in [0, 0.1) is 0 Å². The van der Waals surface area contributed by atoms with Gasteiger partial charge < -0.3 is 30.0 Å². The van der Waals surface area contributed by atoms with Crippen molar-refractivity contribution in [3.05, 3.63) is 35.9 Å². The summed E-state index contributed by atoms with van der Waals surface area (Å²) in [6, 6.07) is 8.45. The van der Waals surface area contributed by atoms with Crippen molar-refractivity contribution in [1.29, 1.82) is 0 Å². The fourth-order valence-electron chi connectivity index (χ4n) is 3.31. The van der Waals surface area contributed by atoms with Crippen LogP contribution in [0.3, 0.4) is 0 Å². The molecule has 1 aromatic rings. The number of alkyl carbamates (subject to hydrolysis) is 1. The molecule has 0 bridgehead atoms. The molecule has 1 aliphatic heterocycles. The van der Waals surface area contributed by atoms with Crippen LogP contribution in [0.5, 0.6) is 0 Å². The van der Waals surface area contributed by atoms with E-state index in [2.05, 4.69) is 10.6 Å². The fourth-order valence-corrected chi connectivity index (χ4v) is 3.31. The van der Waals surface area contributed by atoms with Crippen molar-refractivity contribution in [2.75, 3.05) is 13.2 Å². The maximum absolute atomic E-state index is 12.1. The molecule has 1 saturated heterocycles. The molecule has 1 aromatic carbocycles. The van der Waals surface area contributed by atoms with Gasteiger partial charge in [-0.3, -0.25) is 0 Å². The van der Waals surface area contributed by atoms with E-state index in [-0.39, 0.29) is 6.61 Å². The molecule has 25 heavy (non-hydrogen) atoms. The molecule has 136 valence electrons. The van der Waals surface area contributed by atoms with Crippen molar-refractivity contribution in [1.82, 2.24) is 10.6 Å². The van der Waals surface area contributed by atoms with Gasteiger partial charge in [0, 0.05) is 12.8 Å². The molecule has 3 rings (SSSR count).